The summed E-state index contributed by atoms with van der Waals surface area (Å²) in [5.41, 5.74) is 2.31. The standard InChI is InChI=1S/C24H23N3O4S/c1-14(2)31-23(29)20-15(3)26-24-27(21(20)17-5-7-18(30-4)8-6-17)22(28)19(32-24)13-16-9-11-25-12-10-16/h5-14,21H,1-4H3. The maximum atomic E-state index is 13.5. The molecule has 164 valence electrons. The average molecular weight is 450 g/mol. The van der Waals surface area contributed by atoms with Crippen molar-refractivity contribution in [3.05, 3.63) is 90.9 Å². The molecule has 1 aromatic carbocycles. The number of carbonyl (C=O) groups is 1. The number of pyridine rings is 1. The second kappa shape index (κ2) is 8.92. The Kier molecular flexibility index (Phi) is 6.05. The van der Waals surface area contributed by atoms with Crippen LogP contribution < -0.4 is 19.6 Å². The minimum Gasteiger partial charge on any atom is -0.497 e. The highest BCUT2D eigenvalue weighted by Gasteiger charge is 2.33. The van der Waals surface area contributed by atoms with Crippen LogP contribution in [-0.2, 0) is 9.53 Å². The molecule has 0 saturated carbocycles. The molecule has 3 aromatic rings. The van der Waals surface area contributed by atoms with Gasteiger partial charge in [-0.1, -0.05) is 23.5 Å². The molecule has 0 amide bonds. The molecule has 8 heteroatoms. The average Bonchev–Trinajstić information content (AvgIpc) is 3.07. The summed E-state index contributed by atoms with van der Waals surface area (Å²) in [7, 11) is 1.59. The third-order valence-electron chi connectivity index (χ3n) is 5.02. The third-order valence-corrected chi connectivity index (χ3v) is 6.00. The smallest absolute Gasteiger partial charge is 0.338 e. The van der Waals surface area contributed by atoms with E-state index in [9.17, 15) is 9.59 Å². The van der Waals surface area contributed by atoms with Crippen molar-refractivity contribution in [2.75, 3.05) is 7.11 Å². The molecule has 0 aliphatic carbocycles. The summed E-state index contributed by atoms with van der Waals surface area (Å²) in [6.07, 6.45) is 4.86. The molecule has 7 nitrogen and oxygen atoms in total. The molecule has 3 heterocycles. The number of benzene rings is 1. The van der Waals surface area contributed by atoms with Gasteiger partial charge >= 0.3 is 5.97 Å². The van der Waals surface area contributed by atoms with E-state index in [1.165, 1.54) is 11.3 Å². The van der Waals surface area contributed by atoms with Gasteiger partial charge in [-0.3, -0.25) is 14.3 Å². The van der Waals surface area contributed by atoms with Gasteiger partial charge in [-0.25, -0.2) is 9.79 Å². The van der Waals surface area contributed by atoms with E-state index >= 15 is 0 Å². The molecule has 4 rings (SSSR count). The molecule has 0 N–H and O–H groups in total. The van der Waals surface area contributed by atoms with Crippen LogP contribution >= 0.6 is 11.3 Å². The van der Waals surface area contributed by atoms with Crippen LogP contribution in [0, 0.1) is 0 Å². The Hall–Kier alpha value is -3.52. The quantitative estimate of drug-likeness (QED) is 0.559. The molecule has 1 aliphatic heterocycles. The monoisotopic (exact) mass is 449 g/mol. The Balaban J connectivity index is 1.94. The number of nitrogens with zero attached hydrogens (tertiary/aromatic N) is 3. The van der Waals surface area contributed by atoms with Gasteiger partial charge in [0.05, 0.1) is 35.1 Å². The molecule has 0 radical (unpaired) electrons. The zero-order chi connectivity index (χ0) is 22.8. The largest absolute Gasteiger partial charge is 0.497 e. The minimum atomic E-state index is -0.650. The number of ether oxygens (including phenoxy) is 2. The number of hydrogen-bond acceptors (Lipinski definition) is 7. The van der Waals surface area contributed by atoms with E-state index in [1.807, 2.05) is 42.5 Å². The highest BCUT2D eigenvalue weighted by atomic mass is 32.1. The number of aromatic nitrogens is 2. The molecule has 1 unspecified atom stereocenters. The van der Waals surface area contributed by atoms with E-state index in [0.717, 1.165) is 11.1 Å². The fourth-order valence-electron chi connectivity index (χ4n) is 3.57. The topological polar surface area (TPSA) is 82.8 Å². The van der Waals surface area contributed by atoms with Crippen molar-refractivity contribution in [1.82, 2.24) is 9.55 Å². The number of methoxy groups -OCH3 is 1. The summed E-state index contributed by atoms with van der Waals surface area (Å²) in [5, 5.41) is 0. The molecule has 0 bridgehead atoms. The Morgan fingerprint density at radius 3 is 2.47 bits per heavy atom. The normalized spacial score (nSPS) is 16.0. The number of esters is 1. The van der Waals surface area contributed by atoms with Crippen LogP contribution in [0.15, 0.2) is 69.8 Å². The first kappa shape index (κ1) is 21.7. The molecular weight excluding hydrogens is 426 g/mol. The lowest BCUT2D eigenvalue weighted by atomic mass is 9.96. The number of rotatable bonds is 5. The molecule has 0 spiro atoms. The van der Waals surface area contributed by atoms with E-state index in [-0.39, 0.29) is 11.7 Å². The van der Waals surface area contributed by atoms with Crippen LogP contribution in [0.3, 0.4) is 0 Å². The molecule has 32 heavy (non-hydrogen) atoms. The summed E-state index contributed by atoms with van der Waals surface area (Å²) in [6, 6.07) is 10.3. The number of thiazole rings is 1. The van der Waals surface area contributed by atoms with Crippen LogP contribution in [0.25, 0.3) is 6.08 Å². The van der Waals surface area contributed by atoms with E-state index in [4.69, 9.17) is 9.47 Å². The van der Waals surface area contributed by atoms with Gasteiger partial charge in [-0.05, 0) is 62.2 Å². The molecule has 0 fully saturated rings. The van der Waals surface area contributed by atoms with Crippen LogP contribution in [0.2, 0.25) is 0 Å². The van der Waals surface area contributed by atoms with Gasteiger partial charge in [-0.2, -0.15) is 0 Å². The van der Waals surface area contributed by atoms with Crippen molar-refractivity contribution >= 4 is 23.4 Å². The highest BCUT2D eigenvalue weighted by molar-refractivity contribution is 7.07. The Morgan fingerprint density at radius 2 is 1.84 bits per heavy atom. The Bertz CT molecular complexity index is 1350. The second-order valence-electron chi connectivity index (χ2n) is 7.59. The van der Waals surface area contributed by atoms with Gasteiger partial charge in [0.25, 0.3) is 5.56 Å². The van der Waals surface area contributed by atoms with Gasteiger partial charge in [0, 0.05) is 12.4 Å². The first-order valence-corrected chi connectivity index (χ1v) is 11.0. The van der Waals surface area contributed by atoms with Crippen molar-refractivity contribution in [3.8, 4) is 5.75 Å². The number of allylic oxidation sites excluding steroid dienone is 1. The van der Waals surface area contributed by atoms with Gasteiger partial charge in [0.1, 0.15) is 5.75 Å². The number of carbonyl (C=O) groups excluding carboxylic acids is 1. The summed E-state index contributed by atoms with van der Waals surface area (Å²) >= 11 is 1.29. The lowest BCUT2D eigenvalue weighted by Gasteiger charge is -2.25. The molecule has 0 saturated heterocycles. The van der Waals surface area contributed by atoms with Crippen LogP contribution in [0.5, 0.6) is 5.75 Å². The third kappa shape index (κ3) is 4.13. The number of fused-ring (bicyclic) bond motifs is 1. The zero-order valence-corrected chi connectivity index (χ0v) is 19.1. The predicted octanol–water partition coefficient (Wildman–Crippen LogP) is 2.59. The molecule has 2 aromatic heterocycles. The predicted molar refractivity (Wildman–Crippen MR) is 122 cm³/mol. The fraction of sp³-hybridized carbons (Fsp3) is 0.250. The van der Waals surface area contributed by atoms with E-state index in [0.29, 0.717) is 26.4 Å². The summed E-state index contributed by atoms with van der Waals surface area (Å²) in [4.78, 5) is 35.7. The highest BCUT2D eigenvalue weighted by Crippen LogP contribution is 2.31. The van der Waals surface area contributed by atoms with Crippen LogP contribution in [0.1, 0.15) is 37.9 Å². The Labute approximate surface area is 189 Å². The lowest BCUT2D eigenvalue weighted by Crippen LogP contribution is -2.40. The van der Waals surface area contributed by atoms with Crippen LogP contribution in [-0.4, -0.2) is 28.7 Å². The lowest BCUT2D eigenvalue weighted by molar-refractivity contribution is -0.143. The maximum absolute atomic E-state index is 13.5. The molecule has 1 aliphatic rings. The maximum Gasteiger partial charge on any atom is 0.338 e. The fourth-order valence-corrected chi connectivity index (χ4v) is 4.62. The SMILES string of the molecule is COc1ccc(C2C(C(=O)OC(C)C)=C(C)N=c3sc(=Cc4ccncc4)c(=O)n32)cc1. The van der Waals surface area contributed by atoms with Crippen molar-refractivity contribution in [3.63, 3.8) is 0 Å². The first-order chi connectivity index (χ1) is 15.4. The van der Waals surface area contributed by atoms with Gasteiger partial charge in [0.2, 0.25) is 0 Å². The zero-order valence-electron chi connectivity index (χ0n) is 18.2. The van der Waals surface area contributed by atoms with Crippen molar-refractivity contribution < 1.29 is 14.3 Å². The number of hydrogen-bond donors (Lipinski definition) is 0. The minimum absolute atomic E-state index is 0.214. The van der Waals surface area contributed by atoms with Gasteiger partial charge in [-0.15, -0.1) is 0 Å². The van der Waals surface area contributed by atoms with Gasteiger partial charge < -0.3 is 9.47 Å². The summed E-state index contributed by atoms with van der Waals surface area (Å²) < 4.78 is 12.9. The summed E-state index contributed by atoms with van der Waals surface area (Å²) in [6.45, 7) is 5.35. The van der Waals surface area contributed by atoms with Crippen molar-refractivity contribution in [1.29, 1.82) is 0 Å². The van der Waals surface area contributed by atoms with Crippen molar-refractivity contribution in [2.24, 2.45) is 4.99 Å². The van der Waals surface area contributed by atoms with E-state index in [1.54, 1.807) is 44.8 Å². The van der Waals surface area contributed by atoms with Gasteiger partial charge in [0.15, 0.2) is 4.80 Å². The molecule has 1 atom stereocenters. The second-order valence-corrected chi connectivity index (χ2v) is 8.60. The molecular formula is C24H23N3O4S. The van der Waals surface area contributed by atoms with E-state index in [2.05, 4.69) is 9.98 Å². The van der Waals surface area contributed by atoms with Crippen molar-refractivity contribution in [2.45, 2.75) is 32.9 Å². The Morgan fingerprint density at radius 1 is 1.16 bits per heavy atom. The summed E-state index contributed by atoms with van der Waals surface area (Å²) in [5.74, 6) is 0.205. The van der Waals surface area contributed by atoms with Crippen LogP contribution in [0.4, 0.5) is 0 Å². The first-order valence-electron chi connectivity index (χ1n) is 10.2. The van der Waals surface area contributed by atoms with E-state index < -0.39 is 12.0 Å².